The molecule has 0 bridgehead atoms. The fourth-order valence-electron chi connectivity index (χ4n) is 2.96. The number of pyridine rings is 2. The van der Waals surface area contributed by atoms with Gasteiger partial charge in [-0.1, -0.05) is 0 Å². The SMILES string of the molecule is COc1cc(OC(F)(F)F)ccc1Oc1cc(C(F)(F)F)c(OC)nc1C(=O)Nc1ccnc(C(N)=O)c1. The van der Waals surface area contributed by atoms with Crippen molar-refractivity contribution in [2.45, 2.75) is 12.5 Å². The van der Waals surface area contributed by atoms with Crippen LogP contribution in [0.1, 0.15) is 26.5 Å². The van der Waals surface area contributed by atoms with Crippen molar-refractivity contribution in [1.82, 2.24) is 9.97 Å². The molecule has 1 aromatic carbocycles. The fraction of sp³-hybridized carbons (Fsp3) is 0.182. The van der Waals surface area contributed by atoms with E-state index in [1.165, 1.54) is 6.07 Å². The van der Waals surface area contributed by atoms with Crippen molar-refractivity contribution in [2.24, 2.45) is 5.73 Å². The topological polar surface area (TPSA) is 135 Å². The average molecular weight is 546 g/mol. The molecule has 0 aliphatic carbocycles. The highest BCUT2D eigenvalue weighted by molar-refractivity contribution is 6.05. The van der Waals surface area contributed by atoms with E-state index in [1.807, 2.05) is 0 Å². The molecule has 3 N–H and O–H groups in total. The number of halogens is 6. The summed E-state index contributed by atoms with van der Waals surface area (Å²) in [5.74, 6) is -5.20. The summed E-state index contributed by atoms with van der Waals surface area (Å²) in [6.45, 7) is 0. The molecular weight excluding hydrogens is 530 g/mol. The van der Waals surface area contributed by atoms with Crippen LogP contribution in [0.2, 0.25) is 0 Å². The van der Waals surface area contributed by atoms with Gasteiger partial charge in [-0.2, -0.15) is 13.2 Å². The Morgan fingerprint density at radius 3 is 2.21 bits per heavy atom. The van der Waals surface area contributed by atoms with Crippen LogP contribution in [0.3, 0.4) is 0 Å². The van der Waals surface area contributed by atoms with Crippen molar-refractivity contribution in [3.8, 4) is 28.9 Å². The number of methoxy groups -OCH3 is 2. The van der Waals surface area contributed by atoms with Gasteiger partial charge in [-0.3, -0.25) is 14.6 Å². The Labute approximate surface area is 209 Å². The van der Waals surface area contributed by atoms with E-state index in [-0.39, 0.29) is 22.9 Å². The highest BCUT2D eigenvalue weighted by atomic mass is 19.4. The third-order valence-electron chi connectivity index (χ3n) is 4.53. The first-order valence-corrected chi connectivity index (χ1v) is 10.1. The smallest absolute Gasteiger partial charge is 0.493 e. The number of nitrogens with one attached hydrogen (secondary N) is 1. The molecule has 0 saturated heterocycles. The number of hydrogen-bond acceptors (Lipinski definition) is 8. The minimum absolute atomic E-state index is 0.0170. The van der Waals surface area contributed by atoms with Crippen LogP contribution < -0.4 is 30.0 Å². The summed E-state index contributed by atoms with van der Waals surface area (Å²) in [4.78, 5) is 31.7. The van der Waals surface area contributed by atoms with Crippen LogP contribution in [-0.2, 0) is 6.18 Å². The number of carbonyl (C=O) groups is 2. The van der Waals surface area contributed by atoms with Gasteiger partial charge in [0.05, 0.1) is 14.2 Å². The van der Waals surface area contributed by atoms with Crippen LogP contribution in [-0.4, -0.2) is 42.4 Å². The second-order valence-corrected chi connectivity index (χ2v) is 7.10. The van der Waals surface area contributed by atoms with Gasteiger partial charge in [0.1, 0.15) is 17.0 Å². The van der Waals surface area contributed by atoms with Gasteiger partial charge in [0, 0.05) is 24.0 Å². The van der Waals surface area contributed by atoms with Gasteiger partial charge < -0.3 is 30.0 Å². The van der Waals surface area contributed by atoms with Gasteiger partial charge in [-0.25, -0.2) is 4.98 Å². The second-order valence-electron chi connectivity index (χ2n) is 7.10. The van der Waals surface area contributed by atoms with E-state index in [0.717, 1.165) is 44.7 Å². The van der Waals surface area contributed by atoms with Crippen molar-refractivity contribution in [3.63, 3.8) is 0 Å². The number of nitrogens with zero attached hydrogens (tertiary/aromatic N) is 2. The number of ether oxygens (including phenoxy) is 4. The lowest BCUT2D eigenvalue weighted by atomic mass is 10.2. The first kappa shape index (κ1) is 27.8. The van der Waals surface area contributed by atoms with Crippen LogP contribution in [0.4, 0.5) is 32.0 Å². The Kier molecular flexibility index (Phi) is 7.83. The summed E-state index contributed by atoms with van der Waals surface area (Å²) >= 11 is 0. The third-order valence-corrected chi connectivity index (χ3v) is 4.53. The molecule has 0 spiro atoms. The number of anilines is 1. The summed E-state index contributed by atoms with van der Waals surface area (Å²) in [5.41, 5.74) is 2.78. The maximum absolute atomic E-state index is 13.6. The fourth-order valence-corrected chi connectivity index (χ4v) is 2.96. The number of amides is 2. The Hall–Kier alpha value is -4.76. The van der Waals surface area contributed by atoms with Gasteiger partial charge in [-0.15, -0.1) is 13.2 Å². The number of benzene rings is 1. The highest BCUT2D eigenvalue weighted by Crippen LogP contribution is 2.42. The average Bonchev–Trinajstić information content (AvgIpc) is 2.83. The minimum atomic E-state index is -5.03. The minimum Gasteiger partial charge on any atom is -0.493 e. The van der Waals surface area contributed by atoms with Crippen LogP contribution in [0.15, 0.2) is 42.6 Å². The molecule has 0 unspecified atom stereocenters. The number of carbonyl (C=O) groups excluding carboxylic acids is 2. The van der Waals surface area contributed by atoms with Crippen molar-refractivity contribution in [1.29, 1.82) is 0 Å². The summed E-state index contributed by atoms with van der Waals surface area (Å²) in [7, 11) is 1.95. The summed E-state index contributed by atoms with van der Waals surface area (Å²) < 4.78 is 97.4. The highest BCUT2D eigenvalue weighted by Gasteiger charge is 2.38. The molecule has 2 amide bonds. The van der Waals surface area contributed by atoms with E-state index in [2.05, 4.69) is 20.0 Å². The molecule has 2 heterocycles. The van der Waals surface area contributed by atoms with Crippen molar-refractivity contribution in [3.05, 3.63) is 59.5 Å². The van der Waals surface area contributed by atoms with Crippen molar-refractivity contribution < 1.29 is 54.9 Å². The molecule has 0 radical (unpaired) electrons. The zero-order chi connectivity index (χ0) is 28.3. The molecule has 0 aliphatic rings. The summed E-state index contributed by atoms with van der Waals surface area (Å²) in [6, 6.07) is 5.28. The van der Waals surface area contributed by atoms with Crippen LogP contribution in [0.25, 0.3) is 0 Å². The molecule has 2 aromatic heterocycles. The van der Waals surface area contributed by atoms with Gasteiger partial charge in [0.2, 0.25) is 5.88 Å². The molecule has 38 heavy (non-hydrogen) atoms. The van der Waals surface area contributed by atoms with Crippen molar-refractivity contribution in [2.75, 3.05) is 19.5 Å². The zero-order valence-electron chi connectivity index (χ0n) is 19.2. The van der Waals surface area contributed by atoms with E-state index in [1.54, 1.807) is 0 Å². The Morgan fingerprint density at radius 2 is 1.63 bits per heavy atom. The number of hydrogen-bond donors (Lipinski definition) is 2. The first-order chi connectivity index (χ1) is 17.7. The largest absolute Gasteiger partial charge is 0.573 e. The molecule has 0 aliphatic heterocycles. The number of primary amides is 1. The molecule has 0 atom stereocenters. The Morgan fingerprint density at radius 1 is 0.921 bits per heavy atom. The van der Waals surface area contributed by atoms with E-state index in [9.17, 15) is 35.9 Å². The number of aromatic nitrogens is 2. The van der Waals surface area contributed by atoms with Gasteiger partial charge >= 0.3 is 12.5 Å². The van der Waals surface area contributed by atoms with E-state index in [4.69, 9.17) is 19.9 Å². The summed E-state index contributed by atoms with van der Waals surface area (Å²) in [5, 5.41) is 2.31. The molecule has 0 saturated carbocycles. The van der Waals surface area contributed by atoms with E-state index >= 15 is 0 Å². The standard InChI is InChI=1S/C22H16F6N4O6/c1-35-15-8-11(38-22(26,27)28)3-4-14(15)37-16-9-12(21(23,24)25)20(36-2)32-17(16)19(34)31-10-5-6-30-13(7-10)18(29)33/h3-9H,1-2H3,(H2,29,33)(H,30,31,34). The Bertz CT molecular complexity index is 1360. The van der Waals surface area contributed by atoms with Gasteiger partial charge in [0.15, 0.2) is 22.9 Å². The number of alkyl halides is 6. The predicted molar refractivity (Wildman–Crippen MR) is 116 cm³/mol. The first-order valence-electron chi connectivity index (χ1n) is 10.1. The lowest BCUT2D eigenvalue weighted by Gasteiger charge is -2.18. The zero-order valence-corrected chi connectivity index (χ0v) is 19.2. The molecular formula is C22H16F6N4O6. The molecule has 0 fully saturated rings. The second kappa shape index (κ2) is 10.7. The van der Waals surface area contributed by atoms with E-state index < -0.39 is 53.0 Å². The lowest BCUT2D eigenvalue weighted by Crippen LogP contribution is -2.19. The summed E-state index contributed by atoms with van der Waals surface area (Å²) in [6.07, 6.45) is -8.88. The lowest BCUT2D eigenvalue weighted by molar-refractivity contribution is -0.274. The molecule has 202 valence electrons. The van der Waals surface area contributed by atoms with Gasteiger partial charge in [0.25, 0.3) is 11.8 Å². The number of nitrogens with two attached hydrogens (primary N) is 1. The number of rotatable bonds is 8. The quantitative estimate of drug-likeness (QED) is 0.393. The third kappa shape index (κ3) is 6.71. The molecule has 3 rings (SSSR count). The molecule has 10 nitrogen and oxygen atoms in total. The maximum atomic E-state index is 13.6. The van der Waals surface area contributed by atoms with Crippen LogP contribution in [0, 0.1) is 0 Å². The molecule has 16 heteroatoms. The maximum Gasteiger partial charge on any atom is 0.573 e. The molecule has 3 aromatic rings. The predicted octanol–water partition coefficient (Wildman–Crippen LogP) is 4.55. The van der Waals surface area contributed by atoms with Gasteiger partial charge in [-0.05, 0) is 24.3 Å². The van der Waals surface area contributed by atoms with Crippen molar-refractivity contribution >= 4 is 17.5 Å². The monoisotopic (exact) mass is 546 g/mol. The Balaban J connectivity index is 2.08. The van der Waals surface area contributed by atoms with Crippen LogP contribution >= 0.6 is 0 Å². The van der Waals surface area contributed by atoms with Crippen LogP contribution in [0.5, 0.6) is 28.9 Å². The van der Waals surface area contributed by atoms with E-state index in [0.29, 0.717) is 6.07 Å². The normalized spacial score (nSPS) is 11.5.